The number of ether oxygens (including phenoxy) is 1. The zero-order valence-electron chi connectivity index (χ0n) is 16.6. The Balaban J connectivity index is 1.53. The van der Waals surface area contributed by atoms with Crippen molar-refractivity contribution < 1.29 is 9.53 Å². The number of nitrogens with two attached hydrogens (primary N) is 1. The van der Waals surface area contributed by atoms with Gasteiger partial charge in [-0.3, -0.25) is 9.69 Å². The van der Waals surface area contributed by atoms with Gasteiger partial charge in [0.05, 0.1) is 0 Å². The van der Waals surface area contributed by atoms with E-state index in [1.165, 1.54) is 34.4 Å². The molecule has 2 aromatic carbocycles. The van der Waals surface area contributed by atoms with Gasteiger partial charge in [0.1, 0.15) is 11.4 Å². The van der Waals surface area contributed by atoms with Crippen molar-refractivity contribution in [3.8, 4) is 5.75 Å². The largest absolute Gasteiger partial charge is 0.483 e. The predicted molar refractivity (Wildman–Crippen MR) is 111 cm³/mol. The number of nitrogens with zero attached hydrogens (tertiary/aromatic N) is 2. The van der Waals surface area contributed by atoms with Crippen LogP contribution in [0.25, 0.3) is 0 Å². The van der Waals surface area contributed by atoms with Crippen LogP contribution in [-0.2, 0) is 23.2 Å². The van der Waals surface area contributed by atoms with E-state index in [1.54, 1.807) is 7.05 Å². The molecule has 0 aromatic heterocycles. The summed E-state index contributed by atoms with van der Waals surface area (Å²) in [5.41, 5.74) is 9.30. The number of carbonyl (C=O) groups is 1. The smallest absolute Gasteiger partial charge is 0.266 e. The summed E-state index contributed by atoms with van der Waals surface area (Å²) < 4.78 is 6.70. The Labute approximate surface area is 170 Å². The molecule has 0 saturated heterocycles. The number of aryl methyl sites for hydroxylation is 2. The Hall–Kier alpha value is -2.82. The van der Waals surface area contributed by atoms with Gasteiger partial charge in [0.15, 0.2) is 5.96 Å². The zero-order valence-corrected chi connectivity index (χ0v) is 16.6. The van der Waals surface area contributed by atoms with E-state index in [9.17, 15) is 4.79 Å². The van der Waals surface area contributed by atoms with Gasteiger partial charge in [0.2, 0.25) is 5.54 Å². The molecule has 1 amide bonds. The summed E-state index contributed by atoms with van der Waals surface area (Å²) >= 11 is 0. The number of benzene rings is 2. The second-order valence-corrected chi connectivity index (χ2v) is 8.94. The summed E-state index contributed by atoms with van der Waals surface area (Å²) in [6.07, 6.45) is 5.65. The highest BCUT2D eigenvalue weighted by atomic mass is 16.5. The highest BCUT2D eigenvalue weighted by Gasteiger charge is 2.68. The van der Waals surface area contributed by atoms with Crippen molar-refractivity contribution in [3.63, 3.8) is 0 Å². The van der Waals surface area contributed by atoms with Crippen LogP contribution in [0, 0.1) is 0 Å². The first-order valence-corrected chi connectivity index (χ1v) is 10.6. The van der Waals surface area contributed by atoms with Gasteiger partial charge in [-0.05, 0) is 73.3 Å². The van der Waals surface area contributed by atoms with E-state index in [2.05, 4.69) is 42.5 Å². The maximum Gasteiger partial charge on any atom is 0.266 e. The molecule has 29 heavy (non-hydrogen) atoms. The minimum absolute atomic E-state index is 0.0624. The van der Waals surface area contributed by atoms with Gasteiger partial charge in [-0.1, -0.05) is 30.3 Å². The third-order valence-corrected chi connectivity index (χ3v) is 7.36. The Bertz CT molecular complexity index is 1040. The molecule has 1 atom stereocenters. The van der Waals surface area contributed by atoms with Gasteiger partial charge >= 0.3 is 0 Å². The number of fused-ring (bicyclic) bond motifs is 4. The van der Waals surface area contributed by atoms with E-state index >= 15 is 0 Å². The van der Waals surface area contributed by atoms with Crippen molar-refractivity contribution in [2.75, 3.05) is 7.05 Å². The number of hydrogen-bond donors (Lipinski definition) is 1. The van der Waals surface area contributed by atoms with E-state index < -0.39 is 11.1 Å². The van der Waals surface area contributed by atoms with Crippen LogP contribution in [0.4, 0.5) is 0 Å². The quantitative estimate of drug-likeness (QED) is 0.817. The molecule has 2 spiro atoms. The lowest BCUT2D eigenvalue weighted by Crippen LogP contribution is -2.56. The molecule has 0 bridgehead atoms. The molecule has 5 nitrogen and oxygen atoms in total. The Kier molecular flexibility index (Phi) is 3.31. The van der Waals surface area contributed by atoms with Crippen LogP contribution in [0.5, 0.6) is 5.75 Å². The molecule has 1 saturated carbocycles. The summed E-state index contributed by atoms with van der Waals surface area (Å²) in [5, 5.41) is 0. The van der Waals surface area contributed by atoms with Crippen LogP contribution in [0.3, 0.4) is 0 Å². The van der Waals surface area contributed by atoms with Gasteiger partial charge < -0.3 is 10.5 Å². The van der Waals surface area contributed by atoms with Crippen LogP contribution >= 0.6 is 0 Å². The van der Waals surface area contributed by atoms with Crippen LogP contribution in [0.2, 0.25) is 0 Å². The number of guanidine groups is 1. The summed E-state index contributed by atoms with van der Waals surface area (Å²) in [4.78, 5) is 20.1. The Morgan fingerprint density at radius 3 is 2.38 bits per heavy atom. The second kappa shape index (κ2) is 5.62. The minimum atomic E-state index is -1.08. The number of carbonyl (C=O) groups excluding carboxylic acids is 1. The molecule has 2 aliphatic carbocycles. The van der Waals surface area contributed by atoms with Gasteiger partial charge in [-0.25, -0.2) is 4.99 Å². The summed E-state index contributed by atoms with van der Waals surface area (Å²) in [6.45, 7) is 0. The number of likely N-dealkylation sites (N-methyl/N-ethyl adjacent to an activating group) is 1. The average Bonchev–Trinajstić information content (AvgIpc) is 3.53. The molecule has 2 N–H and O–H groups in total. The second-order valence-electron chi connectivity index (χ2n) is 8.94. The third-order valence-electron chi connectivity index (χ3n) is 7.36. The topological polar surface area (TPSA) is 67.9 Å². The van der Waals surface area contributed by atoms with Gasteiger partial charge in [-0.2, -0.15) is 0 Å². The molecule has 2 aliphatic heterocycles. The van der Waals surface area contributed by atoms with Crippen LogP contribution in [0.15, 0.2) is 47.5 Å². The van der Waals surface area contributed by atoms with Crippen LogP contribution in [0.1, 0.15) is 53.9 Å². The predicted octanol–water partition coefficient (Wildman–Crippen LogP) is 3.26. The van der Waals surface area contributed by atoms with Crippen molar-refractivity contribution >= 4 is 11.9 Å². The van der Waals surface area contributed by atoms with Crippen LogP contribution < -0.4 is 10.5 Å². The molecule has 2 aromatic rings. The van der Waals surface area contributed by atoms with E-state index in [4.69, 9.17) is 15.5 Å². The van der Waals surface area contributed by atoms with E-state index in [0.717, 1.165) is 37.0 Å². The molecule has 1 fully saturated rings. The monoisotopic (exact) mass is 387 g/mol. The molecule has 0 radical (unpaired) electrons. The molecule has 148 valence electrons. The molecular weight excluding hydrogens is 362 g/mol. The normalized spacial score (nSPS) is 26.9. The first-order chi connectivity index (χ1) is 14.0. The fraction of sp³-hybridized carbons (Fsp3) is 0.417. The zero-order chi connectivity index (χ0) is 19.8. The fourth-order valence-corrected chi connectivity index (χ4v) is 5.54. The highest BCUT2D eigenvalue weighted by Crippen LogP contribution is 2.58. The number of rotatable bonds is 1. The van der Waals surface area contributed by atoms with Crippen molar-refractivity contribution in [2.45, 2.75) is 55.6 Å². The van der Waals surface area contributed by atoms with Crippen molar-refractivity contribution in [1.82, 2.24) is 4.90 Å². The molecule has 1 unspecified atom stereocenters. The van der Waals surface area contributed by atoms with Gasteiger partial charge in [0, 0.05) is 12.6 Å². The summed E-state index contributed by atoms with van der Waals surface area (Å²) in [5.74, 6) is 1.61. The van der Waals surface area contributed by atoms with Gasteiger partial charge in [0.25, 0.3) is 5.91 Å². The lowest BCUT2D eigenvalue weighted by molar-refractivity contribution is -0.138. The average molecular weight is 387 g/mol. The maximum atomic E-state index is 13.7. The lowest BCUT2D eigenvalue weighted by Gasteiger charge is -2.38. The summed E-state index contributed by atoms with van der Waals surface area (Å²) in [7, 11) is 1.72. The molecular formula is C24H25N3O2. The highest BCUT2D eigenvalue weighted by molar-refractivity contribution is 6.08. The standard InChI is InChI=1S/C24H25N3O2/c1-27-21(28)24(26-22(27)25)19-14-18(17-6-7-17)8-9-20(19)29-23(24)12-10-15-4-2-3-5-16(15)11-13-23/h2-5,8-9,14,17H,6-7,10-13H2,1H3,(H2,25,26). The van der Waals surface area contributed by atoms with Gasteiger partial charge in [-0.15, -0.1) is 0 Å². The molecule has 4 aliphatic rings. The molecule has 2 heterocycles. The Morgan fingerprint density at radius 1 is 1.10 bits per heavy atom. The first-order valence-electron chi connectivity index (χ1n) is 10.6. The van der Waals surface area contributed by atoms with E-state index in [0.29, 0.717) is 5.92 Å². The number of amides is 1. The van der Waals surface area contributed by atoms with Crippen LogP contribution in [-0.4, -0.2) is 29.4 Å². The minimum Gasteiger partial charge on any atom is -0.483 e. The first kappa shape index (κ1) is 17.1. The molecule has 6 rings (SSSR count). The number of aliphatic imine (C=N–C) groups is 1. The number of hydrogen-bond acceptors (Lipinski definition) is 4. The van der Waals surface area contributed by atoms with E-state index in [1.807, 2.05) is 0 Å². The SMILES string of the molecule is CN1C(=O)C2(N=C1N)c1cc(C3CC3)ccc1OC21CCc2ccccc2CC1. The molecule has 5 heteroatoms. The lowest BCUT2D eigenvalue weighted by atomic mass is 9.71. The Morgan fingerprint density at radius 2 is 1.79 bits per heavy atom. The van der Waals surface area contributed by atoms with E-state index in [-0.39, 0.29) is 11.9 Å². The third kappa shape index (κ3) is 2.16. The fourth-order valence-electron chi connectivity index (χ4n) is 5.54. The van der Waals surface area contributed by atoms with Crippen molar-refractivity contribution in [1.29, 1.82) is 0 Å². The maximum absolute atomic E-state index is 13.7. The summed E-state index contributed by atoms with van der Waals surface area (Å²) in [6, 6.07) is 14.9. The van der Waals surface area contributed by atoms with Crippen molar-refractivity contribution in [3.05, 3.63) is 64.7 Å². The van der Waals surface area contributed by atoms with Crippen molar-refractivity contribution in [2.24, 2.45) is 10.7 Å².